The summed E-state index contributed by atoms with van der Waals surface area (Å²) in [6.07, 6.45) is 0.0775. The fourth-order valence-electron chi connectivity index (χ4n) is 1.33. The van der Waals surface area contributed by atoms with Crippen LogP contribution in [0.15, 0.2) is 18.2 Å². The molecule has 0 heterocycles. The van der Waals surface area contributed by atoms with Crippen molar-refractivity contribution in [2.24, 2.45) is 0 Å². The third-order valence-corrected chi connectivity index (χ3v) is 2.45. The second kappa shape index (κ2) is 7.42. The Morgan fingerprint density at radius 3 is 2.40 bits per heavy atom. The molecule has 0 aliphatic rings. The van der Waals surface area contributed by atoms with Crippen LogP contribution in [0.3, 0.4) is 0 Å². The lowest BCUT2D eigenvalue weighted by Crippen LogP contribution is -2.32. The topological polar surface area (TPSA) is 38.3 Å². The van der Waals surface area contributed by atoms with E-state index in [9.17, 15) is 4.79 Å². The maximum atomic E-state index is 11.4. The summed E-state index contributed by atoms with van der Waals surface area (Å²) in [7, 11) is 0. The van der Waals surface area contributed by atoms with Gasteiger partial charge in [0.15, 0.2) is 0 Å². The van der Waals surface area contributed by atoms with Gasteiger partial charge in [-0.25, -0.2) is 4.79 Å². The molecule has 0 saturated heterocycles. The van der Waals surface area contributed by atoms with Crippen molar-refractivity contribution >= 4 is 29.3 Å². The van der Waals surface area contributed by atoms with Crippen LogP contribution in [-0.2, 0) is 4.74 Å². The molecule has 5 heteroatoms. The van der Waals surface area contributed by atoms with E-state index in [4.69, 9.17) is 27.9 Å². The summed E-state index contributed by atoms with van der Waals surface area (Å²) in [5.41, 5.74) is 0.257. The third kappa shape index (κ3) is 7.28. The fourth-order valence-corrected chi connectivity index (χ4v) is 1.86. The molecule has 108 valence electrons. The number of hydrogen-bond donors (Lipinski definition) is 1. The normalized spacial score (nSPS) is 10.4. The summed E-state index contributed by atoms with van der Waals surface area (Å²) in [6.45, 7) is 5.87. The number of amides is 1. The lowest BCUT2D eigenvalue weighted by molar-refractivity contribution is 0.0529. The molecule has 0 aliphatic carbocycles. The van der Waals surface area contributed by atoms with Crippen LogP contribution >= 0.6 is 23.2 Å². The van der Waals surface area contributed by atoms with Crippen LogP contribution in [0, 0.1) is 11.8 Å². The summed E-state index contributed by atoms with van der Waals surface area (Å²) in [5.74, 6) is 5.87. The lowest BCUT2D eigenvalue weighted by atomic mass is 10.2. The first-order valence-electron chi connectivity index (χ1n) is 6.18. The van der Waals surface area contributed by atoms with Crippen LogP contribution in [0.2, 0.25) is 10.0 Å². The molecule has 0 unspecified atom stereocenters. The van der Waals surface area contributed by atoms with E-state index in [1.807, 2.05) is 20.8 Å². The molecule has 0 spiro atoms. The van der Waals surface area contributed by atoms with Crippen molar-refractivity contribution in [1.82, 2.24) is 5.32 Å². The van der Waals surface area contributed by atoms with Crippen molar-refractivity contribution in [3.8, 4) is 11.8 Å². The average Bonchev–Trinajstić information content (AvgIpc) is 2.24. The van der Waals surface area contributed by atoms with Crippen LogP contribution in [0.5, 0.6) is 0 Å². The molecule has 0 bridgehead atoms. The molecule has 20 heavy (non-hydrogen) atoms. The first-order valence-corrected chi connectivity index (χ1v) is 6.94. The van der Waals surface area contributed by atoms with Gasteiger partial charge in [0.1, 0.15) is 5.60 Å². The van der Waals surface area contributed by atoms with Crippen molar-refractivity contribution in [1.29, 1.82) is 0 Å². The molecule has 0 radical (unpaired) electrons. The summed E-state index contributed by atoms with van der Waals surface area (Å²) < 4.78 is 5.10. The molecule has 3 nitrogen and oxygen atoms in total. The minimum Gasteiger partial charge on any atom is -0.444 e. The monoisotopic (exact) mass is 313 g/mol. The quantitative estimate of drug-likeness (QED) is 0.654. The van der Waals surface area contributed by atoms with E-state index >= 15 is 0 Å². The van der Waals surface area contributed by atoms with Crippen molar-refractivity contribution in [2.45, 2.75) is 32.8 Å². The van der Waals surface area contributed by atoms with Gasteiger partial charge >= 0.3 is 6.09 Å². The Labute approximate surface area is 129 Å². The van der Waals surface area contributed by atoms with Gasteiger partial charge < -0.3 is 10.1 Å². The highest BCUT2D eigenvalue weighted by atomic mass is 35.5. The lowest BCUT2D eigenvalue weighted by Gasteiger charge is -2.19. The van der Waals surface area contributed by atoms with Crippen LogP contribution in [0.25, 0.3) is 0 Å². The highest BCUT2D eigenvalue weighted by molar-refractivity contribution is 6.34. The van der Waals surface area contributed by atoms with Crippen LogP contribution in [0.4, 0.5) is 4.79 Å². The van der Waals surface area contributed by atoms with Gasteiger partial charge in [-0.1, -0.05) is 35.0 Å². The number of halogens is 2. The van der Waals surface area contributed by atoms with E-state index in [0.29, 0.717) is 23.0 Å². The van der Waals surface area contributed by atoms with E-state index in [-0.39, 0.29) is 0 Å². The van der Waals surface area contributed by atoms with E-state index in [1.54, 1.807) is 18.2 Å². The molecule has 1 aromatic carbocycles. The van der Waals surface area contributed by atoms with Crippen LogP contribution in [-0.4, -0.2) is 18.2 Å². The third-order valence-electron chi connectivity index (χ3n) is 2.01. The number of rotatable bonds is 2. The van der Waals surface area contributed by atoms with Gasteiger partial charge in [-0.05, 0) is 39.0 Å². The number of hydrogen-bond acceptors (Lipinski definition) is 2. The second-order valence-electron chi connectivity index (χ2n) is 5.14. The van der Waals surface area contributed by atoms with Gasteiger partial charge in [0.05, 0.1) is 0 Å². The van der Waals surface area contributed by atoms with Gasteiger partial charge in [0.2, 0.25) is 0 Å². The number of alkyl carbamates (subject to hydrolysis) is 1. The molecular weight excluding hydrogens is 297 g/mol. The van der Waals surface area contributed by atoms with Gasteiger partial charge in [-0.3, -0.25) is 0 Å². The predicted molar refractivity (Wildman–Crippen MR) is 82.2 cm³/mol. The minimum absolute atomic E-state index is 0.427. The largest absolute Gasteiger partial charge is 0.444 e. The van der Waals surface area contributed by atoms with Gasteiger partial charge in [-0.2, -0.15) is 0 Å². The molecule has 1 rings (SSSR count). The van der Waals surface area contributed by atoms with Gasteiger partial charge in [-0.15, -0.1) is 0 Å². The highest BCUT2D eigenvalue weighted by Gasteiger charge is 2.15. The SMILES string of the molecule is CC(C)(C)OC(=O)NCCC#Cc1cc(Cl)cc(Cl)c1. The van der Waals surface area contributed by atoms with Crippen molar-refractivity contribution in [3.63, 3.8) is 0 Å². The zero-order valence-corrected chi connectivity index (χ0v) is 13.2. The maximum absolute atomic E-state index is 11.4. The Morgan fingerprint density at radius 1 is 1.25 bits per heavy atom. The highest BCUT2D eigenvalue weighted by Crippen LogP contribution is 2.18. The smallest absolute Gasteiger partial charge is 0.407 e. The predicted octanol–water partition coefficient (Wildman–Crippen LogP) is 4.26. The van der Waals surface area contributed by atoms with Crippen LogP contribution in [0.1, 0.15) is 32.8 Å². The molecule has 1 aromatic rings. The summed E-state index contributed by atoms with van der Waals surface area (Å²) in [5, 5.41) is 3.73. The first kappa shape index (κ1) is 16.7. The zero-order valence-electron chi connectivity index (χ0n) is 11.7. The summed E-state index contributed by atoms with van der Waals surface area (Å²) in [6, 6.07) is 5.13. The zero-order chi connectivity index (χ0) is 15.2. The number of nitrogens with one attached hydrogen (secondary N) is 1. The number of benzene rings is 1. The Balaban J connectivity index is 2.38. The maximum Gasteiger partial charge on any atom is 0.407 e. The fraction of sp³-hybridized carbons (Fsp3) is 0.400. The summed E-state index contributed by atoms with van der Waals surface area (Å²) >= 11 is 11.7. The van der Waals surface area contributed by atoms with Crippen molar-refractivity contribution < 1.29 is 9.53 Å². The minimum atomic E-state index is -0.493. The van der Waals surface area contributed by atoms with Crippen LogP contribution < -0.4 is 5.32 Å². The number of carbonyl (C=O) groups is 1. The Bertz CT molecular complexity index is 519. The Morgan fingerprint density at radius 2 is 1.85 bits per heavy atom. The van der Waals surface area contributed by atoms with E-state index in [1.165, 1.54) is 0 Å². The number of carbonyl (C=O) groups excluding carboxylic acids is 1. The molecule has 0 aromatic heterocycles. The standard InChI is InChI=1S/C15H17Cl2NO2/c1-15(2,3)20-14(19)18-7-5-4-6-11-8-12(16)10-13(17)9-11/h8-10H,5,7H2,1-3H3,(H,18,19). The van der Waals surface area contributed by atoms with Gasteiger partial charge in [0.25, 0.3) is 0 Å². The molecular formula is C15H17Cl2NO2. The van der Waals surface area contributed by atoms with Crippen molar-refractivity contribution in [3.05, 3.63) is 33.8 Å². The first-order chi connectivity index (χ1) is 9.26. The van der Waals surface area contributed by atoms with E-state index in [2.05, 4.69) is 17.2 Å². The van der Waals surface area contributed by atoms with E-state index < -0.39 is 11.7 Å². The van der Waals surface area contributed by atoms with Crippen molar-refractivity contribution in [2.75, 3.05) is 6.54 Å². The number of ether oxygens (including phenoxy) is 1. The molecule has 0 atom stereocenters. The molecule has 0 aliphatic heterocycles. The average molecular weight is 314 g/mol. The Kier molecular flexibility index (Phi) is 6.19. The molecule has 0 fully saturated rings. The Hall–Kier alpha value is -1.37. The summed E-state index contributed by atoms with van der Waals surface area (Å²) in [4.78, 5) is 11.4. The second-order valence-corrected chi connectivity index (χ2v) is 6.01. The van der Waals surface area contributed by atoms with E-state index in [0.717, 1.165) is 5.56 Å². The molecule has 1 amide bonds. The molecule has 1 N–H and O–H groups in total. The van der Waals surface area contributed by atoms with Gasteiger partial charge in [0, 0.05) is 28.6 Å². The molecule has 0 saturated carbocycles.